The van der Waals surface area contributed by atoms with Crippen molar-refractivity contribution >= 4 is 24.1 Å². The van der Waals surface area contributed by atoms with Crippen LogP contribution in [-0.4, -0.2) is 52.7 Å². The summed E-state index contributed by atoms with van der Waals surface area (Å²) < 4.78 is 18.6. The zero-order valence-electron chi connectivity index (χ0n) is 20.2. The Morgan fingerprint density at radius 1 is 1.11 bits per heavy atom. The highest BCUT2D eigenvalue weighted by Gasteiger charge is 2.27. The molecule has 180 valence electrons. The summed E-state index contributed by atoms with van der Waals surface area (Å²) in [4.78, 5) is 24.1. The predicted octanol–water partition coefficient (Wildman–Crippen LogP) is 5.42. The monoisotopic (exact) mass is 472 g/mol. The molecule has 6 nitrogen and oxygen atoms in total. The molecule has 4 rings (SSSR count). The second-order valence-electron chi connectivity index (χ2n) is 9.40. The molecule has 35 heavy (non-hydrogen) atoms. The number of aromatic amines is 1. The summed E-state index contributed by atoms with van der Waals surface area (Å²) in [5.74, 6) is 3.38. The van der Waals surface area contributed by atoms with Gasteiger partial charge in [0.2, 0.25) is 0 Å². The number of ether oxygens (including phenoxy) is 1. The molecular formula is C28H29FN4O2. The summed E-state index contributed by atoms with van der Waals surface area (Å²) in [5.41, 5.74) is 3.76. The van der Waals surface area contributed by atoms with Gasteiger partial charge in [0.15, 0.2) is 0 Å². The largest absolute Gasteiger partial charge is 0.444 e. The van der Waals surface area contributed by atoms with Crippen LogP contribution in [0, 0.1) is 18.2 Å². The number of nitrogens with one attached hydrogen (secondary N) is 1. The van der Waals surface area contributed by atoms with E-state index < -0.39 is 5.60 Å². The van der Waals surface area contributed by atoms with Crippen molar-refractivity contribution in [2.45, 2.75) is 26.4 Å². The number of pyridine rings is 1. The Hall–Kier alpha value is -4.05. The van der Waals surface area contributed by atoms with Crippen LogP contribution in [0.15, 0.2) is 48.7 Å². The van der Waals surface area contributed by atoms with E-state index in [4.69, 9.17) is 11.2 Å². The van der Waals surface area contributed by atoms with E-state index in [0.717, 1.165) is 33.9 Å². The molecule has 0 unspecified atom stereocenters. The molecule has 1 amide bonds. The number of nitrogens with zero attached hydrogens (tertiary/aromatic N) is 3. The highest BCUT2D eigenvalue weighted by atomic mass is 19.1. The highest BCUT2D eigenvalue weighted by molar-refractivity contribution is 5.74. The fourth-order valence-corrected chi connectivity index (χ4v) is 3.86. The Labute approximate surface area is 205 Å². The summed E-state index contributed by atoms with van der Waals surface area (Å²) in [5, 5.41) is 0. The first-order valence-electron chi connectivity index (χ1n) is 11.5. The van der Waals surface area contributed by atoms with Gasteiger partial charge in [-0.05, 0) is 62.7 Å². The maximum absolute atomic E-state index is 13.1. The van der Waals surface area contributed by atoms with E-state index in [-0.39, 0.29) is 11.9 Å². The van der Waals surface area contributed by atoms with Gasteiger partial charge in [-0.3, -0.25) is 4.98 Å². The molecule has 0 bridgehead atoms. The van der Waals surface area contributed by atoms with E-state index in [1.54, 1.807) is 23.2 Å². The topological polar surface area (TPSA) is 61.5 Å². The van der Waals surface area contributed by atoms with Crippen molar-refractivity contribution < 1.29 is 13.9 Å². The normalized spacial score (nSPS) is 14.3. The van der Waals surface area contributed by atoms with Crippen LogP contribution in [0.2, 0.25) is 0 Å². The van der Waals surface area contributed by atoms with Crippen LogP contribution in [-0.2, 0) is 4.74 Å². The molecule has 1 fully saturated rings. The van der Waals surface area contributed by atoms with Gasteiger partial charge in [-0.25, -0.2) is 9.18 Å². The first kappa shape index (κ1) is 24.1. The number of anilines is 1. The second kappa shape index (κ2) is 10.1. The minimum absolute atomic E-state index is 0.264. The summed E-state index contributed by atoms with van der Waals surface area (Å²) in [6.07, 6.45) is 11.0. The van der Waals surface area contributed by atoms with Gasteiger partial charge in [-0.2, -0.15) is 0 Å². The van der Waals surface area contributed by atoms with Crippen molar-refractivity contribution in [1.82, 2.24) is 14.9 Å². The smallest absolute Gasteiger partial charge is 0.410 e. The Kier molecular flexibility index (Phi) is 6.92. The van der Waals surface area contributed by atoms with E-state index in [1.807, 2.05) is 51.1 Å². The van der Waals surface area contributed by atoms with Crippen LogP contribution in [0.25, 0.3) is 23.4 Å². The molecule has 0 radical (unpaired) electrons. The molecular weight excluding hydrogens is 443 g/mol. The molecule has 1 aromatic carbocycles. The number of rotatable bonds is 4. The van der Waals surface area contributed by atoms with E-state index in [1.165, 1.54) is 12.1 Å². The van der Waals surface area contributed by atoms with E-state index in [0.29, 0.717) is 26.2 Å². The molecule has 3 heterocycles. The predicted molar refractivity (Wildman–Crippen MR) is 137 cm³/mol. The number of H-pyrrole nitrogens is 1. The highest BCUT2D eigenvalue weighted by Crippen LogP contribution is 2.28. The zero-order valence-corrected chi connectivity index (χ0v) is 20.2. The Morgan fingerprint density at radius 3 is 2.49 bits per heavy atom. The van der Waals surface area contributed by atoms with E-state index in [9.17, 15) is 9.18 Å². The molecule has 3 aromatic rings. The maximum Gasteiger partial charge on any atom is 0.410 e. The number of terminal acetylenes is 1. The number of amides is 1. The molecule has 1 saturated heterocycles. The first-order chi connectivity index (χ1) is 16.7. The van der Waals surface area contributed by atoms with Crippen LogP contribution >= 0.6 is 0 Å². The minimum Gasteiger partial charge on any atom is -0.444 e. The van der Waals surface area contributed by atoms with Crippen molar-refractivity contribution in [3.63, 3.8) is 0 Å². The summed E-state index contributed by atoms with van der Waals surface area (Å²) in [6, 6.07) is 12.1. The van der Waals surface area contributed by atoms with Crippen molar-refractivity contribution in [2.24, 2.45) is 0 Å². The van der Waals surface area contributed by atoms with Gasteiger partial charge >= 0.3 is 6.09 Å². The molecule has 7 heteroatoms. The molecule has 1 aliphatic heterocycles. The number of piperazine rings is 1. The minimum atomic E-state index is -0.517. The molecule has 1 N–H and O–H groups in total. The van der Waals surface area contributed by atoms with Gasteiger partial charge in [0.25, 0.3) is 0 Å². The third-order valence-electron chi connectivity index (χ3n) is 5.61. The van der Waals surface area contributed by atoms with Crippen molar-refractivity contribution in [3.8, 4) is 23.6 Å². The van der Waals surface area contributed by atoms with Crippen LogP contribution in [0.1, 0.15) is 37.6 Å². The fourth-order valence-electron chi connectivity index (χ4n) is 3.86. The molecule has 0 aliphatic carbocycles. The molecule has 0 spiro atoms. The summed E-state index contributed by atoms with van der Waals surface area (Å²) in [6.45, 7) is 8.01. The average Bonchev–Trinajstić information content (AvgIpc) is 3.28. The lowest BCUT2D eigenvalue weighted by molar-refractivity contribution is 0.0240. The average molecular weight is 473 g/mol. The number of benzene rings is 1. The fraction of sp³-hybridized carbons (Fsp3) is 0.286. The standard InChI is InChI=1S/C28H29FN4O2/c1-5-21-19-25(22-12-13-30-24(18-22)11-8-20-6-9-23(29)10-7-20)31-26(21)32-14-16-33(17-15-32)27(34)35-28(2,3)4/h1,6-13,18-19,31H,14-17H2,2-4H3/b11-8+. The number of hydrogen-bond acceptors (Lipinski definition) is 4. The third-order valence-corrected chi connectivity index (χ3v) is 5.61. The van der Waals surface area contributed by atoms with Gasteiger partial charge in [0.05, 0.1) is 11.3 Å². The number of aromatic nitrogens is 2. The number of hydrogen-bond donors (Lipinski definition) is 1. The van der Waals surface area contributed by atoms with Crippen LogP contribution in [0.3, 0.4) is 0 Å². The van der Waals surface area contributed by atoms with Gasteiger partial charge < -0.3 is 19.5 Å². The molecule has 2 aromatic heterocycles. The molecule has 0 atom stereocenters. The lowest BCUT2D eigenvalue weighted by Crippen LogP contribution is -2.50. The van der Waals surface area contributed by atoms with Gasteiger partial charge in [-0.1, -0.05) is 24.1 Å². The van der Waals surface area contributed by atoms with Crippen LogP contribution < -0.4 is 4.90 Å². The second-order valence-corrected chi connectivity index (χ2v) is 9.40. The third kappa shape index (κ3) is 6.10. The number of carbonyl (C=O) groups excluding carboxylic acids is 1. The Morgan fingerprint density at radius 2 is 1.83 bits per heavy atom. The SMILES string of the molecule is C#Cc1cc(-c2ccnc(/C=C/c3ccc(F)cc3)c2)[nH]c1N1CCN(C(=O)OC(C)(C)C)CC1. The Bertz CT molecular complexity index is 1260. The quantitative estimate of drug-likeness (QED) is 0.515. The van der Waals surface area contributed by atoms with Crippen LogP contribution in [0.4, 0.5) is 15.0 Å². The van der Waals surface area contributed by atoms with Gasteiger partial charge in [0, 0.05) is 43.6 Å². The van der Waals surface area contributed by atoms with Crippen molar-refractivity contribution in [3.05, 3.63) is 71.3 Å². The summed E-state index contributed by atoms with van der Waals surface area (Å²) >= 11 is 0. The Balaban J connectivity index is 1.48. The molecule has 1 aliphatic rings. The maximum atomic E-state index is 13.1. The van der Waals surface area contributed by atoms with Crippen LogP contribution in [0.5, 0.6) is 0 Å². The number of carbonyl (C=O) groups is 1. The van der Waals surface area contributed by atoms with E-state index >= 15 is 0 Å². The molecule has 0 saturated carbocycles. The lowest BCUT2D eigenvalue weighted by Gasteiger charge is -2.36. The first-order valence-corrected chi connectivity index (χ1v) is 11.5. The lowest BCUT2D eigenvalue weighted by atomic mass is 10.1. The van der Waals surface area contributed by atoms with Crippen molar-refractivity contribution in [2.75, 3.05) is 31.1 Å². The van der Waals surface area contributed by atoms with E-state index in [2.05, 4.69) is 20.8 Å². The van der Waals surface area contributed by atoms with Crippen molar-refractivity contribution in [1.29, 1.82) is 0 Å². The zero-order chi connectivity index (χ0) is 25.0. The van der Waals surface area contributed by atoms with Gasteiger partial charge in [-0.15, -0.1) is 6.42 Å². The van der Waals surface area contributed by atoms with Gasteiger partial charge in [0.1, 0.15) is 17.2 Å². The number of halogens is 1. The summed E-state index contributed by atoms with van der Waals surface area (Å²) in [7, 11) is 0.